The van der Waals surface area contributed by atoms with Gasteiger partial charge in [-0.2, -0.15) is 9.98 Å². The average molecular weight is 230 g/mol. The SMILES string of the molecule is Fc1ccc(N=C=Nc2ccc(F)cc2)cc1. The van der Waals surface area contributed by atoms with Crippen LogP contribution in [0, 0.1) is 11.6 Å². The van der Waals surface area contributed by atoms with Gasteiger partial charge in [0.15, 0.2) is 0 Å². The van der Waals surface area contributed by atoms with Crippen LogP contribution in [0.5, 0.6) is 0 Å². The van der Waals surface area contributed by atoms with Crippen molar-refractivity contribution in [2.24, 2.45) is 9.98 Å². The van der Waals surface area contributed by atoms with Crippen molar-refractivity contribution >= 4 is 17.4 Å². The zero-order valence-electron chi connectivity index (χ0n) is 8.77. The van der Waals surface area contributed by atoms with Crippen LogP contribution in [0.15, 0.2) is 58.5 Å². The second kappa shape index (κ2) is 5.14. The third-order valence-electron chi connectivity index (χ3n) is 2.01. The van der Waals surface area contributed by atoms with E-state index in [4.69, 9.17) is 0 Å². The summed E-state index contributed by atoms with van der Waals surface area (Å²) in [6.07, 6.45) is 0. The molecule has 2 nitrogen and oxygen atoms in total. The molecule has 4 heteroatoms. The lowest BCUT2D eigenvalue weighted by atomic mass is 10.3. The van der Waals surface area contributed by atoms with E-state index in [0.717, 1.165) is 0 Å². The molecule has 0 amide bonds. The first-order valence-electron chi connectivity index (χ1n) is 4.92. The Morgan fingerprint density at radius 2 is 1.00 bits per heavy atom. The van der Waals surface area contributed by atoms with Gasteiger partial charge in [0, 0.05) is 0 Å². The first-order chi connectivity index (χ1) is 8.24. The fourth-order valence-electron chi connectivity index (χ4n) is 1.17. The molecule has 0 saturated heterocycles. The molecule has 0 N–H and O–H groups in total. The Morgan fingerprint density at radius 3 is 1.35 bits per heavy atom. The van der Waals surface area contributed by atoms with E-state index in [1.165, 1.54) is 48.5 Å². The molecule has 0 aromatic heterocycles. The summed E-state index contributed by atoms with van der Waals surface area (Å²) in [6, 6.07) is 13.7. The maximum Gasteiger partial charge on any atom is 0.123 e. The fraction of sp³-hybridized carbons (Fsp3) is 0. The van der Waals surface area contributed by atoms with Crippen LogP contribution in [-0.4, -0.2) is 6.01 Å². The monoisotopic (exact) mass is 230 g/mol. The van der Waals surface area contributed by atoms with Crippen LogP contribution < -0.4 is 0 Å². The lowest BCUT2D eigenvalue weighted by Gasteiger charge is -1.90. The van der Waals surface area contributed by atoms with Gasteiger partial charge >= 0.3 is 0 Å². The van der Waals surface area contributed by atoms with Crippen molar-refractivity contribution in [1.82, 2.24) is 0 Å². The summed E-state index contributed by atoms with van der Waals surface area (Å²) in [7, 11) is 0. The van der Waals surface area contributed by atoms with Gasteiger partial charge in [0.2, 0.25) is 0 Å². The van der Waals surface area contributed by atoms with Crippen molar-refractivity contribution in [3.05, 3.63) is 60.2 Å². The molecular weight excluding hydrogens is 222 g/mol. The van der Waals surface area contributed by atoms with E-state index in [1.807, 2.05) is 0 Å². The van der Waals surface area contributed by atoms with E-state index >= 15 is 0 Å². The number of hydrogen-bond acceptors (Lipinski definition) is 2. The van der Waals surface area contributed by atoms with Crippen LogP contribution in [0.2, 0.25) is 0 Å². The van der Waals surface area contributed by atoms with Crippen LogP contribution in [0.1, 0.15) is 0 Å². The van der Waals surface area contributed by atoms with Crippen LogP contribution in [-0.2, 0) is 0 Å². The Labute approximate surface area is 97.0 Å². The minimum atomic E-state index is -0.320. The van der Waals surface area contributed by atoms with Gasteiger partial charge in [-0.1, -0.05) is 0 Å². The van der Waals surface area contributed by atoms with E-state index in [9.17, 15) is 8.78 Å². The van der Waals surface area contributed by atoms with Crippen LogP contribution in [0.3, 0.4) is 0 Å². The zero-order chi connectivity index (χ0) is 12.1. The Kier molecular flexibility index (Phi) is 3.38. The number of halogens is 2. The summed E-state index contributed by atoms with van der Waals surface area (Å²) < 4.78 is 25.2. The highest BCUT2D eigenvalue weighted by Crippen LogP contribution is 2.13. The number of rotatable bonds is 2. The molecule has 0 spiro atoms. The summed E-state index contributed by atoms with van der Waals surface area (Å²) >= 11 is 0. The van der Waals surface area contributed by atoms with Gasteiger partial charge in [0.1, 0.15) is 17.6 Å². The molecule has 2 aromatic carbocycles. The van der Waals surface area contributed by atoms with Gasteiger partial charge in [0.25, 0.3) is 0 Å². The largest absolute Gasteiger partial charge is 0.207 e. The minimum absolute atomic E-state index is 0.320. The maximum atomic E-state index is 12.6. The van der Waals surface area contributed by atoms with E-state index in [2.05, 4.69) is 16.0 Å². The third kappa shape index (κ3) is 3.33. The van der Waals surface area contributed by atoms with Gasteiger partial charge in [-0.05, 0) is 48.5 Å². The summed E-state index contributed by atoms with van der Waals surface area (Å²) in [5, 5.41) is 0. The number of benzene rings is 2. The highest BCUT2D eigenvalue weighted by Gasteiger charge is 1.90. The second-order valence-electron chi connectivity index (χ2n) is 3.28. The Morgan fingerprint density at radius 1 is 0.647 bits per heavy atom. The highest BCUT2D eigenvalue weighted by atomic mass is 19.1. The summed E-state index contributed by atoms with van der Waals surface area (Å²) in [5.41, 5.74) is 1.11. The lowest BCUT2D eigenvalue weighted by molar-refractivity contribution is 0.627. The molecule has 0 heterocycles. The first-order valence-corrected chi connectivity index (χ1v) is 4.92. The van der Waals surface area contributed by atoms with E-state index in [1.54, 1.807) is 0 Å². The number of nitrogens with zero attached hydrogens (tertiary/aromatic N) is 2. The number of aliphatic imine (C=N–C) groups is 2. The van der Waals surface area contributed by atoms with Gasteiger partial charge in [-0.15, -0.1) is 0 Å². The molecule has 2 aromatic rings. The molecule has 84 valence electrons. The predicted octanol–water partition coefficient (Wildman–Crippen LogP) is 4.10. The third-order valence-corrected chi connectivity index (χ3v) is 2.01. The molecular formula is C13H8F2N2. The molecule has 0 saturated carbocycles. The maximum absolute atomic E-state index is 12.6. The topological polar surface area (TPSA) is 24.7 Å². The van der Waals surface area contributed by atoms with Crippen molar-refractivity contribution in [1.29, 1.82) is 0 Å². The van der Waals surface area contributed by atoms with Gasteiger partial charge in [-0.3, -0.25) is 0 Å². The standard InChI is InChI=1S/C13H8F2N2/c14-10-1-5-12(6-2-10)16-9-17-13-7-3-11(15)4-8-13/h1-8H. The van der Waals surface area contributed by atoms with Gasteiger partial charge in [-0.25, -0.2) is 8.78 Å². The van der Waals surface area contributed by atoms with Crippen LogP contribution >= 0.6 is 0 Å². The molecule has 0 aliphatic carbocycles. The molecule has 0 fully saturated rings. The highest BCUT2D eigenvalue weighted by molar-refractivity contribution is 5.57. The average Bonchev–Trinajstić information content (AvgIpc) is 2.34. The van der Waals surface area contributed by atoms with Crippen molar-refractivity contribution in [2.45, 2.75) is 0 Å². The van der Waals surface area contributed by atoms with E-state index in [0.29, 0.717) is 11.4 Å². The van der Waals surface area contributed by atoms with E-state index in [-0.39, 0.29) is 11.6 Å². The molecule has 0 aliphatic heterocycles. The Hall–Kier alpha value is -2.32. The zero-order valence-corrected chi connectivity index (χ0v) is 8.77. The smallest absolute Gasteiger partial charge is 0.123 e. The van der Waals surface area contributed by atoms with Gasteiger partial charge < -0.3 is 0 Å². The summed E-state index contributed by atoms with van der Waals surface area (Å²) in [5.74, 6) is -0.640. The van der Waals surface area contributed by atoms with Crippen molar-refractivity contribution in [3.63, 3.8) is 0 Å². The lowest BCUT2D eigenvalue weighted by Crippen LogP contribution is -1.70. The normalized spacial score (nSPS) is 9.53. The summed E-state index contributed by atoms with van der Waals surface area (Å²) in [4.78, 5) is 7.78. The predicted molar refractivity (Wildman–Crippen MR) is 62.0 cm³/mol. The molecule has 0 aliphatic rings. The van der Waals surface area contributed by atoms with Crippen LogP contribution in [0.25, 0.3) is 0 Å². The molecule has 2 rings (SSSR count). The molecule has 0 unspecified atom stereocenters. The van der Waals surface area contributed by atoms with Gasteiger partial charge in [0.05, 0.1) is 11.4 Å². The second-order valence-corrected chi connectivity index (χ2v) is 3.28. The fourth-order valence-corrected chi connectivity index (χ4v) is 1.17. The molecule has 17 heavy (non-hydrogen) atoms. The van der Waals surface area contributed by atoms with Crippen molar-refractivity contribution in [3.8, 4) is 0 Å². The van der Waals surface area contributed by atoms with Crippen LogP contribution in [0.4, 0.5) is 20.2 Å². The molecule has 0 bridgehead atoms. The van der Waals surface area contributed by atoms with Crippen molar-refractivity contribution in [2.75, 3.05) is 0 Å². The first kappa shape index (κ1) is 11.2. The summed E-state index contributed by atoms with van der Waals surface area (Å²) in [6.45, 7) is 0. The quantitative estimate of drug-likeness (QED) is 0.694. The van der Waals surface area contributed by atoms with Crippen molar-refractivity contribution < 1.29 is 8.78 Å². The molecule has 0 radical (unpaired) electrons. The Balaban J connectivity index is 2.14. The molecule has 0 atom stereocenters. The number of hydrogen-bond donors (Lipinski definition) is 0. The Bertz CT molecular complexity index is 503. The minimum Gasteiger partial charge on any atom is -0.207 e. The van der Waals surface area contributed by atoms with E-state index < -0.39 is 0 Å².